The summed E-state index contributed by atoms with van der Waals surface area (Å²) in [6.07, 6.45) is 4.40. The summed E-state index contributed by atoms with van der Waals surface area (Å²) < 4.78 is 5.51. The number of benzene rings is 1. The number of likely N-dealkylation sites (tertiary alicyclic amines) is 1. The minimum absolute atomic E-state index is 0.0922. The molecule has 1 aliphatic heterocycles. The zero-order valence-electron chi connectivity index (χ0n) is 15.2. The average molecular weight is 344 g/mol. The summed E-state index contributed by atoms with van der Waals surface area (Å²) >= 11 is 0. The van der Waals surface area contributed by atoms with Crippen LogP contribution in [0, 0.1) is 5.92 Å². The fourth-order valence-corrected chi connectivity index (χ4v) is 3.80. The Labute approximate surface area is 149 Å². The first kappa shape index (κ1) is 17.8. The van der Waals surface area contributed by atoms with E-state index in [9.17, 15) is 9.59 Å². The van der Waals surface area contributed by atoms with E-state index in [1.54, 1.807) is 0 Å². The van der Waals surface area contributed by atoms with E-state index in [1.165, 1.54) is 6.42 Å². The van der Waals surface area contributed by atoms with Gasteiger partial charge < -0.3 is 15.0 Å². The molecule has 0 aromatic heterocycles. The third-order valence-corrected chi connectivity index (χ3v) is 5.37. The molecule has 1 aromatic rings. The Balaban J connectivity index is 1.84. The van der Waals surface area contributed by atoms with E-state index in [4.69, 9.17) is 4.74 Å². The number of carbonyl (C=O) groups excluding carboxylic acids is 2. The zero-order chi connectivity index (χ0) is 17.8. The highest BCUT2D eigenvalue weighted by molar-refractivity contribution is 5.85. The lowest BCUT2D eigenvalue weighted by Gasteiger charge is -2.41. The van der Waals surface area contributed by atoms with Crippen molar-refractivity contribution >= 4 is 11.8 Å². The van der Waals surface area contributed by atoms with E-state index in [-0.39, 0.29) is 23.8 Å². The molecule has 2 amide bonds. The molecule has 0 radical (unpaired) electrons. The monoisotopic (exact) mass is 344 g/mol. The molecule has 0 spiro atoms. The van der Waals surface area contributed by atoms with Gasteiger partial charge in [-0.3, -0.25) is 9.59 Å². The molecule has 1 aliphatic carbocycles. The van der Waals surface area contributed by atoms with Gasteiger partial charge in [-0.15, -0.1) is 0 Å². The van der Waals surface area contributed by atoms with Crippen LogP contribution in [0.2, 0.25) is 0 Å². The molecule has 0 bridgehead atoms. The predicted octanol–water partition coefficient (Wildman–Crippen LogP) is 3.05. The number of ether oxygens (including phenoxy) is 1. The summed E-state index contributed by atoms with van der Waals surface area (Å²) in [4.78, 5) is 27.1. The Kier molecular flexibility index (Phi) is 5.61. The lowest BCUT2D eigenvalue weighted by molar-refractivity contribution is -0.143. The summed E-state index contributed by atoms with van der Waals surface area (Å²) in [7, 11) is 0. The van der Waals surface area contributed by atoms with Crippen LogP contribution in [0.5, 0.6) is 5.75 Å². The van der Waals surface area contributed by atoms with E-state index in [0.29, 0.717) is 32.0 Å². The first-order chi connectivity index (χ1) is 12.1. The van der Waals surface area contributed by atoms with Crippen LogP contribution < -0.4 is 10.1 Å². The molecular weight excluding hydrogens is 316 g/mol. The van der Waals surface area contributed by atoms with Crippen molar-refractivity contribution < 1.29 is 14.3 Å². The lowest BCUT2D eigenvalue weighted by atomic mass is 9.82. The molecule has 1 aromatic carbocycles. The molecule has 25 heavy (non-hydrogen) atoms. The molecule has 0 unspecified atom stereocenters. The van der Waals surface area contributed by atoms with Crippen molar-refractivity contribution in [2.24, 2.45) is 5.92 Å². The maximum atomic E-state index is 12.8. The largest absolute Gasteiger partial charge is 0.494 e. The summed E-state index contributed by atoms with van der Waals surface area (Å²) in [6, 6.07) is 7.95. The Morgan fingerprint density at radius 2 is 1.92 bits per heavy atom. The van der Waals surface area contributed by atoms with Gasteiger partial charge in [0, 0.05) is 19.0 Å². The first-order valence-corrected chi connectivity index (χ1v) is 9.46. The number of piperidine rings is 1. The molecule has 2 aliphatic rings. The number of nitrogens with zero attached hydrogens (tertiary/aromatic N) is 1. The minimum Gasteiger partial charge on any atom is -0.494 e. The SMILES string of the molecule is CCOc1ccc([C@H]2[C@H](C(=O)NC3CCC3)CCC(=O)N2CC)cc1. The van der Waals surface area contributed by atoms with Crippen LogP contribution in [0.3, 0.4) is 0 Å². The second-order valence-electron chi connectivity index (χ2n) is 6.91. The predicted molar refractivity (Wildman–Crippen MR) is 96.2 cm³/mol. The Bertz CT molecular complexity index is 610. The minimum atomic E-state index is -0.193. The summed E-state index contributed by atoms with van der Waals surface area (Å²) in [5.41, 5.74) is 1.01. The number of nitrogens with one attached hydrogen (secondary N) is 1. The maximum absolute atomic E-state index is 12.8. The van der Waals surface area contributed by atoms with E-state index in [0.717, 1.165) is 24.2 Å². The molecule has 136 valence electrons. The van der Waals surface area contributed by atoms with Crippen LogP contribution in [0.15, 0.2) is 24.3 Å². The number of carbonyl (C=O) groups is 2. The van der Waals surface area contributed by atoms with Gasteiger partial charge in [-0.05, 0) is 57.2 Å². The average Bonchev–Trinajstić information content (AvgIpc) is 2.58. The van der Waals surface area contributed by atoms with Crippen molar-refractivity contribution in [2.75, 3.05) is 13.2 Å². The molecule has 1 saturated carbocycles. The second kappa shape index (κ2) is 7.89. The molecule has 2 fully saturated rings. The van der Waals surface area contributed by atoms with Gasteiger partial charge in [-0.2, -0.15) is 0 Å². The van der Waals surface area contributed by atoms with Gasteiger partial charge in [-0.25, -0.2) is 0 Å². The van der Waals surface area contributed by atoms with Gasteiger partial charge in [0.05, 0.1) is 18.6 Å². The van der Waals surface area contributed by atoms with Crippen molar-refractivity contribution in [2.45, 2.75) is 58.0 Å². The van der Waals surface area contributed by atoms with Crippen LogP contribution in [0.25, 0.3) is 0 Å². The standard InChI is InChI=1S/C20H28N2O3/c1-3-22-18(23)13-12-17(20(24)21-15-6-5-7-15)19(22)14-8-10-16(11-9-14)25-4-2/h8-11,15,17,19H,3-7,12-13H2,1-2H3,(H,21,24)/t17-,19+/m1/s1. The normalized spacial score (nSPS) is 23.9. The highest BCUT2D eigenvalue weighted by Gasteiger charge is 2.40. The summed E-state index contributed by atoms with van der Waals surface area (Å²) in [5.74, 6) is 0.853. The molecule has 5 heteroatoms. The highest BCUT2D eigenvalue weighted by Crippen LogP contribution is 2.37. The van der Waals surface area contributed by atoms with E-state index >= 15 is 0 Å². The van der Waals surface area contributed by atoms with Gasteiger partial charge >= 0.3 is 0 Å². The quantitative estimate of drug-likeness (QED) is 0.863. The van der Waals surface area contributed by atoms with E-state index in [1.807, 2.05) is 43.0 Å². The van der Waals surface area contributed by atoms with E-state index in [2.05, 4.69) is 5.32 Å². The number of rotatable bonds is 6. The Morgan fingerprint density at radius 1 is 1.20 bits per heavy atom. The van der Waals surface area contributed by atoms with Crippen molar-refractivity contribution in [3.8, 4) is 5.75 Å². The molecule has 2 atom stereocenters. The van der Waals surface area contributed by atoms with Gasteiger partial charge in [0.1, 0.15) is 5.75 Å². The Hall–Kier alpha value is -2.04. The second-order valence-corrected chi connectivity index (χ2v) is 6.91. The van der Waals surface area contributed by atoms with Crippen molar-refractivity contribution in [1.29, 1.82) is 0 Å². The van der Waals surface area contributed by atoms with Crippen LogP contribution in [0.4, 0.5) is 0 Å². The van der Waals surface area contributed by atoms with Crippen LogP contribution in [-0.2, 0) is 9.59 Å². The molecule has 1 saturated heterocycles. The number of amides is 2. The molecular formula is C20H28N2O3. The van der Waals surface area contributed by atoms with Gasteiger partial charge in [0.2, 0.25) is 11.8 Å². The van der Waals surface area contributed by atoms with E-state index < -0.39 is 0 Å². The Morgan fingerprint density at radius 3 is 2.48 bits per heavy atom. The maximum Gasteiger partial charge on any atom is 0.225 e. The molecule has 5 nitrogen and oxygen atoms in total. The molecule has 3 rings (SSSR count). The number of hydrogen-bond acceptors (Lipinski definition) is 3. The fourth-order valence-electron chi connectivity index (χ4n) is 3.80. The topological polar surface area (TPSA) is 58.6 Å². The van der Waals surface area contributed by atoms with Gasteiger partial charge in [-0.1, -0.05) is 12.1 Å². The zero-order valence-corrected chi connectivity index (χ0v) is 15.2. The first-order valence-electron chi connectivity index (χ1n) is 9.46. The summed E-state index contributed by atoms with van der Waals surface area (Å²) in [5, 5.41) is 3.18. The third-order valence-electron chi connectivity index (χ3n) is 5.37. The van der Waals surface area contributed by atoms with Crippen molar-refractivity contribution in [3.05, 3.63) is 29.8 Å². The van der Waals surface area contributed by atoms with Gasteiger partial charge in [0.25, 0.3) is 0 Å². The smallest absolute Gasteiger partial charge is 0.225 e. The van der Waals surface area contributed by atoms with Crippen molar-refractivity contribution in [1.82, 2.24) is 10.2 Å². The third kappa shape index (κ3) is 3.80. The molecule has 1 N–H and O–H groups in total. The fraction of sp³-hybridized carbons (Fsp3) is 0.600. The van der Waals surface area contributed by atoms with Crippen LogP contribution in [0.1, 0.15) is 57.6 Å². The van der Waals surface area contributed by atoms with Gasteiger partial charge in [0.15, 0.2) is 0 Å². The van der Waals surface area contributed by atoms with Crippen molar-refractivity contribution in [3.63, 3.8) is 0 Å². The molecule has 1 heterocycles. The van der Waals surface area contributed by atoms with Crippen LogP contribution in [-0.4, -0.2) is 35.9 Å². The number of hydrogen-bond donors (Lipinski definition) is 1. The lowest BCUT2D eigenvalue weighted by Crippen LogP contribution is -2.50. The highest BCUT2D eigenvalue weighted by atomic mass is 16.5. The van der Waals surface area contributed by atoms with Crippen LogP contribution >= 0.6 is 0 Å². The summed E-state index contributed by atoms with van der Waals surface area (Å²) in [6.45, 7) is 5.16.